The molecule has 0 atom stereocenters. The van der Waals surface area contributed by atoms with E-state index in [1.54, 1.807) is 6.92 Å². The summed E-state index contributed by atoms with van der Waals surface area (Å²) in [5.41, 5.74) is 3.66. The van der Waals surface area contributed by atoms with Gasteiger partial charge in [0.15, 0.2) is 0 Å². The van der Waals surface area contributed by atoms with Crippen LogP contribution < -0.4 is 9.21 Å². The van der Waals surface area contributed by atoms with Gasteiger partial charge in [-0.2, -0.15) is 11.3 Å². The number of piperazine rings is 1. The summed E-state index contributed by atoms with van der Waals surface area (Å²) in [4.78, 5) is 28.6. The van der Waals surface area contributed by atoms with Crippen molar-refractivity contribution in [3.63, 3.8) is 0 Å². The van der Waals surface area contributed by atoms with E-state index < -0.39 is 16.0 Å². The van der Waals surface area contributed by atoms with Crippen LogP contribution in [0, 0.1) is 6.92 Å². The highest BCUT2D eigenvalue weighted by molar-refractivity contribution is 7.92. The molecule has 0 aliphatic carbocycles. The Morgan fingerprint density at radius 2 is 1.68 bits per heavy atom. The van der Waals surface area contributed by atoms with Crippen molar-refractivity contribution in [2.24, 2.45) is 0 Å². The average Bonchev–Trinajstić information content (AvgIpc) is 3.70. The van der Waals surface area contributed by atoms with E-state index in [-0.39, 0.29) is 23.1 Å². The van der Waals surface area contributed by atoms with E-state index in [4.69, 9.17) is 4.42 Å². The SMILES string of the molecule is Cc1c(C(=O)O)oc2ccc(S(=O)(=O)N(CCc3ccccc3)c3ccccc3N3CCN(C(=O)c4ccsc4)CC3)cc12. The van der Waals surface area contributed by atoms with Crippen molar-refractivity contribution in [2.45, 2.75) is 18.2 Å². The van der Waals surface area contributed by atoms with Gasteiger partial charge in [-0.3, -0.25) is 9.10 Å². The number of carbonyl (C=O) groups is 2. The standard InChI is InChI=1S/C33H31N3O6S2/c1-23-27-21-26(11-12-30(27)42-31(23)33(38)39)44(40,41)36(15-13-24-7-3-2-4-8-24)29-10-6-5-9-28(29)34-16-18-35(19-17-34)32(37)25-14-20-43-22-25/h2-12,14,20-22H,13,15-19H2,1H3,(H,38,39). The number of amides is 1. The molecular formula is C33H31N3O6S2. The molecular weight excluding hydrogens is 599 g/mol. The van der Waals surface area contributed by atoms with Crippen LogP contribution in [0.3, 0.4) is 0 Å². The van der Waals surface area contributed by atoms with E-state index >= 15 is 0 Å². The molecule has 3 heterocycles. The number of rotatable bonds is 9. The molecule has 1 N–H and O–H groups in total. The molecule has 11 heteroatoms. The summed E-state index contributed by atoms with van der Waals surface area (Å²) in [7, 11) is -4.10. The minimum Gasteiger partial charge on any atom is -0.475 e. The molecule has 1 amide bonds. The maximum atomic E-state index is 14.5. The Hall–Kier alpha value is -4.61. The number of benzene rings is 3. The minimum absolute atomic E-state index is 0.00207. The number of nitrogens with zero attached hydrogens (tertiary/aromatic N) is 3. The van der Waals surface area contributed by atoms with Crippen LogP contribution in [0.4, 0.5) is 11.4 Å². The normalized spacial score (nSPS) is 13.8. The van der Waals surface area contributed by atoms with Crippen LogP contribution in [-0.4, -0.2) is 63.0 Å². The minimum atomic E-state index is -4.10. The molecule has 0 bridgehead atoms. The Morgan fingerprint density at radius 3 is 2.39 bits per heavy atom. The van der Waals surface area contributed by atoms with Crippen LogP contribution in [0.25, 0.3) is 11.0 Å². The fourth-order valence-corrected chi connectivity index (χ4v) is 7.73. The maximum Gasteiger partial charge on any atom is 0.372 e. The number of carbonyl (C=O) groups excluding carboxylic acids is 1. The fourth-order valence-electron chi connectivity index (χ4n) is 5.60. The van der Waals surface area contributed by atoms with E-state index in [0.717, 1.165) is 11.3 Å². The number of carboxylic acid groups (broad SMARTS) is 1. The zero-order valence-corrected chi connectivity index (χ0v) is 25.7. The van der Waals surface area contributed by atoms with Gasteiger partial charge in [-0.15, -0.1) is 0 Å². The number of anilines is 2. The Morgan fingerprint density at radius 1 is 0.955 bits per heavy atom. The van der Waals surface area contributed by atoms with Crippen molar-refractivity contribution >= 4 is 55.6 Å². The number of sulfonamides is 1. The van der Waals surface area contributed by atoms with Crippen molar-refractivity contribution in [1.29, 1.82) is 0 Å². The van der Waals surface area contributed by atoms with Crippen LogP contribution in [0.15, 0.2) is 98.9 Å². The number of hydrogen-bond acceptors (Lipinski definition) is 7. The zero-order chi connectivity index (χ0) is 30.8. The summed E-state index contributed by atoms with van der Waals surface area (Å²) >= 11 is 1.49. The van der Waals surface area contributed by atoms with Crippen LogP contribution in [0.1, 0.15) is 32.0 Å². The van der Waals surface area contributed by atoms with Gasteiger partial charge >= 0.3 is 5.97 Å². The molecule has 0 radical (unpaired) electrons. The Bertz CT molecular complexity index is 1910. The van der Waals surface area contributed by atoms with Gasteiger partial charge in [-0.05, 0) is 60.7 Å². The van der Waals surface area contributed by atoms with E-state index in [2.05, 4.69) is 4.90 Å². The van der Waals surface area contributed by atoms with Crippen molar-refractivity contribution in [2.75, 3.05) is 41.9 Å². The van der Waals surface area contributed by atoms with E-state index in [1.165, 1.54) is 33.8 Å². The van der Waals surface area contributed by atoms with Gasteiger partial charge in [0.25, 0.3) is 15.9 Å². The highest BCUT2D eigenvalue weighted by Gasteiger charge is 2.31. The molecule has 6 rings (SSSR count). The average molecular weight is 630 g/mol. The molecule has 44 heavy (non-hydrogen) atoms. The quantitative estimate of drug-likeness (QED) is 0.216. The number of hydrogen-bond donors (Lipinski definition) is 1. The first-order chi connectivity index (χ1) is 21.2. The van der Waals surface area contributed by atoms with Gasteiger partial charge in [0, 0.05) is 49.1 Å². The Balaban J connectivity index is 1.35. The predicted molar refractivity (Wildman–Crippen MR) is 171 cm³/mol. The topological polar surface area (TPSA) is 111 Å². The van der Waals surface area contributed by atoms with Gasteiger partial charge in [-0.1, -0.05) is 42.5 Å². The number of thiophene rings is 1. The molecule has 3 aromatic carbocycles. The molecule has 1 aliphatic heterocycles. The van der Waals surface area contributed by atoms with Gasteiger partial charge in [0.05, 0.1) is 21.8 Å². The third-order valence-electron chi connectivity index (χ3n) is 7.96. The van der Waals surface area contributed by atoms with E-state index in [1.807, 2.05) is 76.3 Å². The second-order valence-electron chi connectivity index (χ2n) is 10.6. The second-order valence-corrected chi connectivity index (χ2v) is 13.3. The first-order valence-corrected chi connectivity index (χ1v) is 16.6. The van der Waals surface area contributed by atoms with Gasteiger partial charge in [0.1, 0.15) is 5.58 Å². The molecule has 5 aromatic rings. The lowest BCUT2D eigenvalue weighted by atomic mass is 10.1. The smallest absolute Gasteiger partial charge is 0.372 e. The van der Waals surface area contributed by atoms with Gasteiger partial charge < -0.3 is 19.3 Å². The molecule has 0 saturated carbocycles. The highest BCUT2D eigenvalue weighted by Crippen LogP contribution is 2.36. The third-order valence-corrected chi connectivity index (χ3v) is 10.5. The summed E-state index contributed by atoms with van der Waals surface area (Å²) < 4.78 is 35.9. The predicted octanol–water partition coefficient (Wildman–Crippen LogP) is 5.90. The van der Waals surface area contributed by atoms with E-state index in [9.17, 15) is 23.1 Å². The number of aromatic carboxylic acids is 1. The lowest BCUT2D eigenvalue weighted by molar-refractivity contribution is 0.0663. The van der Waals surface area contributed by atoms with Crippen LogP contribution in [-0.2, 0) is 16.4 Å². The molecule has 9 nitrogen and oxygen atoms in total. The van der Waals surface area contributed by atoms with Gasteiger partial charge in [0.2, 0.25) is 5.76 Å². The molecule has 0 spiro atoms. The van der Waals surface area contributed by atoms with Crippen molar-refractivity contribution in [1.82, 2.24) is 4.90 Å². The number of carboxylic acids is 1. The van der Waals surface area contributed by atoms with E-state index in [0.29, 0.717) is 60.4 Å². The number of furan rings is 1. The van der Waals surface area contributed by atoms with Crippen molar-refractivity contribution in [3.05, 3.63) is 112 Å². The molecule has 1 fully saturated rings. The van der Waals surface area contributed by atoms with Crippen LogP contribution in [0.5, 0.6) is 0 Å². The number of para-hydroxylation sites is 2. The lowest BCUT2D eigenvalue weighted by Gasteiger charge is -2.38. The zero-order valence-electron chi connectivity index (χ0n) is 24.0. The summed E-state index contributed by atoms with van der Waals surface area (Å²) in [6.07, 6.45) is 0.480. The largest absolute Gasteiger partial charge is 0.475 e. The molecule has 1 aliphatic rings. The maximum absolute atomic E-state index is 14.5. The fraction of sp³-hybridized carbons (Fsp3) is 0.212. The van der Waals surface area contributed by atoms with Crippen molar-refractivity contribution in [3.8, 4) is 0 Å². The van der Waals surface area contributed by atoms with Crippen molar-refractivity contribution < 1.29 is 27.5 Å². The lowest BCUT2D eigenvalue weighted by Crippen LogP contribution is -2.49. The highest BCUT2D eigenvalue weighted by atomic mass is 32.2. The third kappa shape index (κ3) is 5.68. The summed E-state index contributed by atoms with van der Waals surface area (Å²) in [5.74, 6) is -1.42. The molecule has 1 saturated heterocycles. The summed E-state index contributed by atoms with van der Waals surface area (Å²) in [6, 6.07) is 23.4. The van der Waals surface area contributed by atoms with Crippen LogP contribution >= 0.6 is 11.3 Å². The number of fused-ring (bicyclic) bond motifs is 1. The Labute approximate surface area is 259 Å². The summed E-state index contributed by atoms with van der Waals surface area (Å²) in [6.45, 7) is 3.93. The second kappa shape index (κ2) is 12.2. The summed E-state index contributed by atoms with van der Waals surface area (Å²) in [5, 5.41) is 13.7. The first-order valence-electron chi connectivity index (χ1n) is 14.2. The Kier molecular flexibility index (Phi) is 8.15. The number of aryl methyl sites for hydroxylation is 1. The first kappa shape index (κ1) is 29.5. The van der Waals surface area contributed by atoms with Crippen LogP contribution in [0.2, 0.25) is 0 Å². The monoisotopic (exact) mass is 629 g/mol. The molecule has 0 unspecified atom stereocenters. The molecule has 226 valence electrons. The van der Waals surface area contributed by atoms with Gasteiger partial charge in [-0.25, -0.2) is 13.2 Å². The molecule has 2 aromatic heterocycles.